The van der Waals surface area contributed by atoms with Gasteiger partial charge in [-0.25, -0.2) is 0 Å². The van der Waals surface area contributed by atoms with E-state index in [1.165, 1.54) is 13.0 Å². The minimum absolute atomic E-state index is 0.351. The lowest BCUT2D eigenvalue weighted by Crippen LogP contribution is -2.01. The average Bonchev–Trinajstić information content (AvgIpc) is 2.37. The summed E-state index contributed by atoms with van der Waals surface area (Å²) in [6, 6.07) is 11.1. The molecule has 0 unspecified atom stereocenters. The van der Waals surface area contributed by atoms with Crippen molar-refractivity contribution in [1.29, 1.82) is 0 Å². The van der Waals surface area contributed by atoms with E-state index in [1.807, 2.05) is 30.3 Å². The summed E-state index contributed by atoms with van der Waals surface area (Å²) >= 11 is 0. The van der Waals surface area contributed by atoms with Crippen molar-refractivity contribution in [2.45, 2.75) is 6.92 Å². The van der Waals surface area contributed by atoms with Crippen molar-refractivity contribution in [1.82, 2.24) is 0 Å². The third-order valence-corrected chi connectivity index (χ3v) is 2.53. The van der Waals surface area contributed by atoms with Gasteiger partial charge in [0.1, 0.15) is 12.0 Å². The lowest BCUT2D eigenvalue weighted by atomic mass is 10.0. The molecule has 0 saturated carbocycles. The molecule has 2 aromatic rings. The van der Waals surface area contributed by atoms with Crippen LogP contribution in [0, 0.1) is 0 Å². The predicted octanol–water partition coefficient (Wildman–Crippen LogP) is 2.98. The van der Waals surface area contributed by atoms with Crippen molar-refractivity contribution in [2.75, 3.05) is 0 Å². The van der Waals surface area contributed by atoms with Gasteiger partial charge in [-0.15, -0.1) is 0 Å². The molecule has 0 aliphatic carbocycles. The van der Waals surface area contributed by atoms with E-state index in [9.17, 15) is 9.59 Å². The Hall–Kier alpha value is -2.42. The lowest BCUT2D eigenvalue weighted by molar-refractivity contribution is -0.131. The van der Waals surface area contributed by atoms with Crippen LogP contribution in [0.15, 0.2) is 42.5 Å². The summed E-state index contributed by atoms with van der Waals surface area (Å²) in [5.74, 6) is 0.178. The van der Waals surface area contributed by atoms with Crippen LogP contribution in [0.25, 0.3) is 16.8 Å². The van der Waals surface area contributed by atoms with Gasteiger partial charge in [0, 0.05) is 12.3 Å². The Morgan fingerprint density at radius 1 is 1.11 bits per heavy atom. The monoisotopic (exact) mass is 240 g/mol. The summed E-state index contributed by atoms with van der Waals surface area (Å²) in [4.78, 5) is 21.4. The maximum absolute atomic E-state index is 11.0. The van der Waals surface area contributed by atoms with Crippen LogP contribution < -0.4 is 4.74 Å². The molecule has 2 rings (SSSR count). The zero-order chi connectivity index (χ0) is 13.0. The van der Waals surface area contributed by atoms with E-state index < -0.39 is 0 Å². The van der Waals surface area contributed by atoms with Crippen LogP contribution in [0.4, 0.5) is 0 Å². The zero-order valence-corrected chi connectivity index (χ0v) is 9.92. The number of esters is 1. The van der Waals surface area contributed by atoms with Crippen molar-refractivity contribution < 1.29 is 14.3 Å². The maximum atomic E-state index is 11.0. The molecule has 0 N–H and O–H groups in total. The second-order valence-corrected chi connectivity index (χ2v) is 3.79. The van der Waals surface area contributed by atoms with Gasteiger partial charge >= 0.3 is 5.97 Å². The van der Waals surface area contributed by atoms with Crippen molar-refractivity contribution >= 4 is 29.1 Å². The molecule has 0 aromatic heterocycles. The highest BCUT2D eigenvalue weighted by atomic mass is 16.5. The number of carbonyl (C=O) groups excluding carboxylic acids is 2. The second kappa shape index (κ2) is 5.27. The van der Waals surface area contributed by atoms with Crippen molar-refractivity contribution in [3.8, 4) is 5.75 Å². The summed E-state index contributed by atoms with van der Waals surface area (Å²) in [7, 11) is 0. The largest absolute Gasteiger partial charge is 0.426 e. The molecule has 90 valence electrons. The van der Waals surface area contributed by atoms with Gasteiger partial charge in [0.15, 0.2) is 0 Å². The molecule has 0 spiro atoms. The molecule has 0 heterocycles. The minimum atomic E-state index is -0.351. The summed E-state index contributed by atoms with van der Waals surface area (Å²) in [5, 5.41) is 1.79. The van der Waals surface area contributed by atoms with Gasteiger partial charge < -0.3 is 4.74 Å². The molecular formula is C15H12O3. The molecule has 3 heteroatoms. The first-order chi connectivity index (χ1) is 8.72. The summed E-state index contributed by atoms with van der Waals surface area (Å²) in [6.07, 6.45) is 3.90. The van der Waals surface area contributed by atoms with Crippen molar-refractivity contribution in [3.05, 3.63) is 48.0 Å². The highest BCUT2D eigenvalue weighted by Gasteiger charge is 2.06. The Morgan fingerprint density at radius 2 is 1.83 bits per heavy atom. The number of allylic oxidation sites excluding steroid dienone is 1. The summed E-state index contributed by atoms with van der Waals surface area (Å²) in [5.41, 5.74) is 0.911. The molecule has 18 heavy (non-hydrogen) atoms. The first kappa shape index (κ1) is 12.0. The van der Waals surface area contributed by atoms with Crippen molar-refractivity contribution in [2.24, 2.45) is 0 Å². The maximum Gasteiger partial charge on any atom is 0.308 e. The highest BCUT2D eigenvalue weighted by molar-refractivity contribution is 5.97. The fourth-order valence-corrected chi connectivity index (χ4v) is 1.83. The van der Waals surface area contributed by atoms with Gasteiger partial charge in [0.25, 0.3) is 0 Å². The normalized spacial score (nSPS) is 10.7. The van der Waals surface area contributed by atoms with Gasteiger partial charge in [-0.05, 0) is 23.1 Å². The molecule has 0 atom stereocenters. The first-order valence-electron chi connectivity index (χ1n) is 5.54. The molecule has 2 aromatic carbocycles. The van der Waals surface area contributed by atoms with Crippen LogP contribution in [0.2, 0.25) is 0 Å². The number of rotatable bonds is 3. The Morgan fingerprint density at radius 3 is 2.50 bits per heavy atom. The van der Waals surface area contributed by atoms with E-state index in [1.54, 1.807) is 12.1 Å². The van der Waals surface area contributed by atoms with Crippen LogP contribution in [0.5, 0.6) is 5.75 Å². The molecule has 0 radical (unpaired) electrons. The van der Waals surface area contributed by atoms with Gasteiger partial charge in [-0.2, -0.15) is 0 Å². The topological polar surface area (TPSA) is 43.4 Å². The highest BCUT2D eigenvalue weighted by Crippen LogP contribution is 2.29. The number of ether oxygens (including phenoxy) is 1. The number of hydrogen-bond acceptors (Lipinski definition) is 3. The van der Waals surface area contributed by atoms with Gasteiger partial charge in [0.2, 0.25) is 0 Å². The lowest BCUT2D eigenvalue weighted by Gasteiger charge is -2.08. The quantitative estimate of drug-likeness (QED) is 0.358. The van der Waals surface area contributed by atoms with Crippen LogP contribution in [0.3, 0.4) is 0 Å². The summed E-state index contributed by atoms with van der Waals surface area (Å²) in [6.45, 7) is 1.37. The fourth-order valence-electron chi connectivity index (χ4n) is 1.83. The summed E-state index contributed by atoms with van der Waals surface area (Å²) < 4.78 is 5.15. The minimum Gasteiger partial charge on any atom is -0.426 e. The van der Waals surface area contributed by atoms with Crippen molar-refractivity contribution in [3.63, 3.8) is 0 Å². The Kier molecular flexibility index (Phi) is 3.53. The van der Waals surface area contributed by atoms with E-state index in [-0.39, 0.29) is 5.97 Å². The van der Waals surface area contributed by atoms with Crippen LogP contribution in [0.1, 0.15) is 12.5 Å². The Bertz CT molecular complexity index is 627. The third kappa shape index (κ3) is 2.46. The smallest absolute Gasteiger partial charge is 0.308 e. The Balaban J connectivity index is 2.61. The molecule has 0 saturated heterocycles. The van der Waals surface area contributed by atoms with E-state index in [0.717, 1.165) is 22.6 Å². The molecule has 0 amide bonds. The van der Waals surface area contributed by atoms with Gasteiger partial charge in [0.05, 0.1) is 0 Å². The first-order valence-corrected chi connectivity index (χ1v) is 5.54. The van der Waals surface area contributed by atoms with Crippen LogP contribution >= 0.6 is 0 Å². The van der Waals surface area contributed by atoms with Gasteiger partial charge in [-0.3, -0.25) is 9.59 Å². The average molecular weight is 240 g/mol. The van der Waals surface area contributed by atoms with Crippen LogP contribution in [-0.4, -0.2) is 12.3 Å². The number of fused-ring (bicyclic) bond motifs is 1. The van der Waals surface area contributed by atoms with E-state index >= 15 is 0 Å². The number of aldehydes is 1. The molecule has 0 aliphatic heterocycles. The van der Waals surface area contributed by atoms with E-state index in [0.29, 0.717) is 5.75 Å². The standard InChI is InChI=1S/C15H12O3/c1-11(17)18-15-9-8-12(5-4-10-16)13-6-2-3-7-14(13)15/h2-10H,1H3/b5-4+. The molecule has 0 aliphatic rings. The number of benzene rings is 2. The SMILES string of the molecule is CC(=O)Oc1ccc(/C=C/C=O)c2ccccc12. The van der Waals surface area contributed by atoms with Gasteiger partial charge in [-0.1, -0.05) is 36.4 Å². The zero-order valence-electron chi connectivity index (χ0n) is 9.92. The van der Waals surface area contributed by atoms with E-state index in [4.69, 9.17) is 4.74 Å². The molecular weight excluding hydrogens is 228 g/mol. The fraction of sp³-hybridized carbons (Fsp3) is 0.0667. The molecule has 0 fully saturated rings. The molecule has 3 nitrogen and oxygen atoms in total. The van der Waals surface area contributed by atoms with Crippen LogP contribution in [-0.2, 0) is 9.59 Å². The van der Waals surface area contributed by atoms with E-state index in [2.05, 4.69) is 0 Å². The molecule has 0 bridgehead atoms. The predicted molar refractivity (Wildman–Crippen MR) is 70.4 cm³/mol. The second-order valence-electron chi connectivity index (χ2n) is 3.79. The third-order valence-electron chi connectivity index (χ3n) is 2.53. The number of hydrogen-bond donors (Lipinski definition) is 0. The number of carbonyl (C=O) groups is 2. The Labute approximate surface area is 105 Å².